The first kappa shape index (κ1) is 21.3. The zero-order valence-corrected chi connectivity index (χ0v) is 18.5. The van der Waals surface area contributed by atoms with Crippen LogP contribution in [0.3, 0.4) is 0 Å². The molecular formula is C22H21N7O3S. The van der Waals surface area contributed by atoms with E-state index in [0.717, 1.165) is 17.0 Å². The Hall–Kier alpha value is -3.59. The van der Waals surface area contributed by atoms with Gasteiger partial charge in [0.05, 0.1) is 38.0 Å². The number of hydrogen-bond donors (Lipinski definition) is 2. The van der Waals surface area contributed by atoms with Crippen LogP contribution >= 0.6 is 12.2 Å². The van der Waals surface area contributed by atoms with Gasteiger partial charge in [0.2, 0.25) is 0 Å². The Morgan fingerprint density at radius 2 is 2.03 bits per heavy atom. The highest BCUT2D eigenvalue weighted by atomic mass is 32.1. The SMILES string of the molecule is COc1cccc(-c2nnnn2[C@H]2CO[C@H]3[C@@H]2OC[C@@H]3NC(=S)Nc2cccc(C#N)c2)c1. The van der Waals surface area contributed by atoms with Crippen molar-refractivity contribution in [2.45, 2.75) is 24.3 Å². The van der Waals surface area contributed by atoms with E-state index in [1.165, 1.54) is 0 Å². The third-order valence-corrected chi connectivity index (χ3v) is 5.95. The lowest BCUT2D eigenvalue weighted by Crippen LogP contribution is -2.45. The minimum atomic E-state index is -0.222. The first-order chi connectivity index (χ1) is 16.2. The normalized spacial score (nSPS) is 23.5. The number of anilines is 1. The van der Waals surface area contributed by atoms with Crippen LogP contribution in [0.2, 0.25) is 0 Å². The summed E-state index contributed by atoms with van der Waals surface area (Å²) in [5.74, 6) is 1.35. The van der Waals surface area contributed by atoms with Crippen molar-refractivity contribution in [3.8, 4) is 23.2 Å². The van der Waals surface area contributed by atoms with Crippen LogP contribution in [-0.2, 0) is 9.47 Å². The van der Waals surface area contributed by atoms with Crippen LogP contribution in [0, 0.1) is 11.3 Å². The van der Waals surface area contributed by atoms with E-state index in [4.69, 9.17) is 31.7 Å². The molecule has 0 amide bonds. The number of hydrogen-bond acceptors (Lipinski definition) is 8. The number of nitrogens with zero attached hydrogens (tertiary/aromatic N) is 5. The van der Waals surface area contributed by atoms with Crippen molar-refractivity contribution >= 4 is 23.0 Å². The van der Waals surface area contributed by atoms with Gasteiger partial charge in [0.15, 0.2) is 10.9 Å². The molecule has 0 spiro atoms. The summed E-state index contributed by atoms with van der Waals surface area (Å²) in [6.07, 6.45) is -0.428. The third kappa shape index (κ3) is 4.23. The van der Waals surface area contributed by atoms with E-state index in [1.807, 2.05) is 30.3 Å². The quantitative estimate of drug-likeness (QED) is 0.543. The smallest absolute Gasteiger partial charge is 0.182 e. The van der Waals surface area contributed by atoms with Crippen LogP contribution in [0.1, 0.15) is 11.6 Å². The molecule has 2 aliphatic rings. The van der Waals surface area contributed by atoms with Crippen molar-refractivity contribution < 1.29 is 14.2 Å². The molecule has 1 aromatic heterocycles. The molecule has 33 heavy (non-hydrogen) atoms. The summed E-state index contributed by atoms with van der Waals surface area (Å²) < 4.78 is 19.3. The predicted octanol–water partition coefficient (Wildman–Crippen LogP) is 1.91. The van der Waals surface area contributed by atoms with Crippen LogP contribution in [0.5, 0.6) is 5.75 Å². The van der Waals surface area contributed by atoms with Gasteiger partial charge in [-0.1, -0.05) is 18.2 Å². The molecule has 0 aliphatic carbocycles. The highest BCUT2D eigenvalue weighted by Crippen LogP contribution is 2.36. The van der Waals surface area contributed by atoms with E-state index in [0.29, 0.717) is 29.7 Å². The highest BCUT2D eigenvalue weighted by molar-refractivity contribution is 7.80. The second kappa shape index (κ2) is 9.11. The van der Waals surface area contributed by atoms with Crippen molar-refractivity contribution in [2.75, 3.05) is 25.6 Å². The van der Waals surface area contributed by atoms with Crippen LogP contribution in [0.4, 0.5) is 5.69 Å². The fourth-order valence-electron chi connectivity index (χ4n) is 4.18. The van der Waals surface area contributed by atoms with Gasteiger partial charge in [-0.25, -0.2) is 4.68 Å². The Bertz CT molecular complexity index is 1210. The molecule has 0 unspecified atom stereocenters. The predicted molar refractivity (Wildman–Crippen MR) is 123 cm³/mol. The van der Waals surface area contributed by atoms with Gasteiger partial charge in [-0.3, -0.25) is 0 Å². The molecule has 11 heteroatoms. The second-order valence-electron chi connectivity index (χ2n) is 7.74. The Kier molecular flexibility index (Phi) is 5.87. The number of ether oxygens (including phenoxy) is 3. The summed E-state index contributed by atoms with van der Waals surface area (Å²) in [6, 6.07) is 16.5. The first-order valence-corrected chi connectivity index (χ1v) is 10.8. The Morgan fingerprint density at radius 3 is 2.88 bits per heavy atom. The summed E-state index contributed by atoms with van der Waals surface area (Å²) >= 11 is 5.46. The fraction of sp³-hybridized carbons (Fsp3) is 0.318. The molecule has 2 aromatic carbocycles. The molecular weight excluding hydrogens is 442 g/mol. The van der Waals surface area contributed by atoms with E-state index >= 15 is 0 Å². The zero-order chi connectivity index (χ0) is 22.8. The topological polar surface area (TPSA) is 119 Å². The number of aromatic nitrogens is 4. The molecule has 0 radical (unpaired) electrons. The number of methoxy groups -OCH3 is 1. The van der Waals surface area contributed by atoms with Crippen molar-refractivity contribution in [3.05, 3.63) is 54.1 Å². The number of benzene rings is 2. The van der Waals surface area contributed by atoms with E-state index < -0.39 is 0 Å². The number of nitriles is 1. The molecule has 2 aliphatic heterocycles. The van der Waals surface area contributed by atoms with Gasteiger partial charge >= 0.3 is 0 Å². The maximum atomic E-state index is 9.07. The van der Waals surface area contributed by atoms with Gasteiger partial charge in [-0.15, -0.1) is 5.10 Å². The zero-order valence-electron chi connectivity index (χ0n) is 17.7. The molecule has 3 heterocycles. The van der Waals surface area contributed by atoms with Gasteiger partial charge in [0.25, 0.3) is 0 Å². The lowest BCUT2D eigenvalue weighted by Gasteiger charge is -2.20. The molecule has 4 atom stereocenters. The van der Waals surface area contributed by atoms with E-state index in [9.17, 15) is 0 Å². The van der Waals surface area contributed by atoms with E-state index in [2.05, 4.69) is 32.2 Å². The standard InChI is InChI=1S/C22H21N7O3S/c1-30-16-7-3-5-14(9-16)21-26-27-28-29(21)18-12-32-19-17(11-31-20(18)19)25-22(33)24-15-6-2-4-13(8-15)10-23/h2-9,17-20H,11-12H2,1H3,(H2,24,25,33)/t17-,18-,19+,20+/m0/s1. The van der Waals surface area contributed by atoms with Crippen LogP contribution in [0.15, 0.2) is 48.5 Å². The summed E-state index contributed by atoms with van der Waals surface area (Å²) in [6.45, 7) is 0.850. The molecule has 168 valence electrons. The van der Waals surface area contributed by atoms with Crippen molar-refractivity contribution in [1.82, 2.24) is 25.5 Å². The summed E-state index contributed by atoms with van der Waals surface area (Å²) in [5, 5.41) is 28.2. The van der Waals surface area contributed by atoms with Crippen LogP contribution in [0.25, 0.3) is 11.4 Å². The Morgan fingerprint density at radius 1 is 1.18 bits per heavy atom. The maximum Gasteiger partial charge on any atom is 0.182 e. The van der Waals surface area contributed by atoms with Gasteiger partial charge in [0.1, 0.15) is 24.0 Å². The van der Waals surface area contributed by atoms with Crippen LogP contribution < -0.4 is 15.4 Å². The number of thiocarbonyl (C=S) groups is 1. The van der Waals surface area contributed by atoms with E-state index in [1.54, 1.807) is 30.0 Å². The molecule has 2 saturated heterocycles. The molecule has 0 saturated carbocycles. The third-order valence-electron chi connectivity index (χ3n) is 5.73. The van der Waals surface area contributed by atoms with Crippen LogP contribution in [-0.4, -0.2) is 63.9 Å². The average molecular weight is 464 g/mol. The molecule has 2 N–H and O–H groups in total. The van der Waals surface area contributed by atoms with Crippen molar-refractivity contribution in [3.63, 3.8) is 0 Å². The second-order valence-corrected chi connectivity index (χ2v) is 8.15. The number of rotatable bonds is 5. The van der Waals surface area contributed by atoms with Crippen molar-refractivity contribution in [2.24, 2.45) is 0 Å². The minimum Gasteiger partial charge on any atom is -0.497 e. The highest BCUT2D eigenvalue weighted by Gasteiger charge is 2.49. The van der Waals surface area contributed by atoms with Crippen molar-refractivity contribution in [1.29, 1.82) is 5.26 Å². The molecule has 10 nitrogen and oxygen atoms in total. The first-order valence-electron chi connectivity index (χ1n) is 10.4. The number of tetrazole rings is 1. The molecule has 3 aromatic rings. The summed E-state index contributed by atoms with van der Waals surface area (Å²) in [4.78, 5) is 0. The summed E-state index contributed by atoms with van der Waals surface area (Å²) in [7, 11) is 1.62. The largest absolute Gasteiger partial charge is 0.497 e. The Labute approximate surface area is 195 Å². The summed E-state index contributed by atoms with van der Waals surface area (Å²) in [5.41, 5.74) is 2.15. The minimum absolute atomic E-state index is 0.129. The lowest BCUT2D eigenvalue weighted by atomic mass is 10.1. The Balaban J connectivity index is 1.27. The van der Waals surface area contributed by atoms with E-state index in [-0.39, 0.29) is 24.3 Å². The average Bonchev–Trinajstić information content (AvgIpc) is 3.57. The molecule has 5 rings (SSSR count). The van der Waals surface area contributed by atoms with Gasteiger partial charge in [-0.2, -0.15) is 5.26 Å². The van der Waals surface area contributed by atoms with Gasteiger partial charge in [-0.05, 0) is 53.0 Å². The maximum absolute atomic E-state index is 9.07. The molecule has 0 bridgehead atoms. The lowest BCUT2D eigenvalue weighted by molar-refractivity contribution is 0.0626. The fourth-order valence-corrected chi connectivity index (χ4v) is 4.45. The van der Waals surface area contributed by atoms with Gasteiger partial charge in [0, 0.05) is 11.3 Å². The monoisotopic (exact) mass is 463 g/mol. The number of fused-ring (bicyclic) bond motifs is 1. The number of nitrogens with one attached hydrogen (secondary N) is 2. The molecule has 2 fully saturated rings. The van der Waals surface area contributed by atoms with Gasteiger partial charge < -0.3 is 24.8 Å².